The number of hydrogen-bond donors (Lipinski definition) is 3. The first-order valence-corrected chi connectivity index (χ1v) is 11.8. The molecule has 1 aliphatic rings. The molecular weight excluding hydrogens is 426 g/mol. The molecule has 0 saturated heterocycles. The maximum atomic E-state index is 13.1. The van der Waals surface area contributed by atoms with E-state index in [0.717, 1.165) is 47.1 Å². The minimum Gasteiger partial charge on any atom is -0.496 e. The normalized spacial score (nSPS) is 14.9. The van der Waals surface area contributed by atoms with Gasteiger partial charge in [-0.05, 0) is 63.1 Å². The molecular formula is C27H37N5O2. The van der Waals surface area contributed by atoms with Crippen LogP contribution in [0.5, 0.6) is 5.75 Å². The zero-order valence-electron chi connectivity index (χ0n) is 20.9. The number of carbonyl (C=O) groups excluding carboxylic acids is 1. The quantitative estimate of drug-likeness (QED) is 0.438. The van der Waals surface area contributed by atoms with Gasteiger partial charge in [0.1, 0.15) is 5.75 Å². The Balaban J connectivity index is 1.68. The van der Waals surface area contributed by atoms with Crippen LogP contribution in [0.25, 0.3) is 5.57 Å². The lowest BCUT2D eigenvalue weighted by Crippen LogP contribution is -2.28. The van der Waals surface area contributed by atoms with E-state index in [1.165, 1.54) is 19.0 Å². The van der Waals surface area contributed by atoms with Crippen molar-refractivity contribution in [1.29, 1.82) is 0 Å². The lowest BCUT2D eigenvalue weighted by molar-refractivity contribution is 0.0939. The van der Waals surface area contributed by atoms with Crippen LogP contribution in [0.3, 0.4) is 0 Å². The highest BCUT2D eigenvalue weighted by Gasteiger charge is 2.25. The van der Waals surface area contributed by atoms with Crippen molar-refractivity contribution in [3.8, 4) is 5.75 Å². The SMILES string of the molecule is CN=C/C(=C\N)c1ccc(C(C)NC(=O)c2cc(NCCN(C)C3CC3)ccc2C)cc1OC. The van der Waals surface area contributed by atoms with E-state index < -0.39 is 0 Å². The van der Waals surface area contributed by atoms with Crippen LogP contribution in [0.15, 0.2) is 47.6 Å². The number of nitrogens with two attached hydrogens (primary N) is 1. The molecule has 1 aliphatic carbocycles. The van der Waals surface area contributed by atoms with E-state index in [0.29, 0.717) is 11.3 Å². The second-order valence-corrected chi connectivity index (χ2v) is 8.83. The number of aliphatic imine (C=N–C) groups is 1. The summed E-state index contributed by atoms with van der Waals surface area (Å²) in [5.74, 6) is 0.571. The van der Waals surface area contributed by atoms with E-state index in [2.05, 4.69) is 27.6 Å². The average Bonchev–Trinajstić information content (AvgIpc) is 3.68. The predicted molar refractivity (Wildman–Crippen MR) is 141 cm³/mol. The second kappa shape index (κ2) is 11.7. The largest absolute Gasteiger partial charge is 0.496 e. The summed E-state index contributed by atoms with van der Waals surface area (Å²) in [6, 6.07) is 12.3. The maximum absolute atomic E-state index is 13.1. The van der Waals surface area contributed by atoms with Crippen molar-refractivity contribution in [3.05, 3.63) is 64.9 Å². The van der Waals surface area contributed by atoms with Gasteiger partial charge in [-0.15, -0.1) is 0 Å². The van der Waals surface area contributed by atoms with Crippen LogP contribution in [-0.2, 0) is 0 Å². The third-order valence-electron chi connectivity index (χ3n) is 6.28. The molecule has 7 heteroatoms. The van der Waals surface area contributed by atoms with Gasteiger partial charge in [-0.2, -0.15) is 0 Å². The topological polar surface area (TPSA) is 92.0 Å². The van der Waals surface area contributed by atoms with E-state index in [1.54, 1.807) is 20.4 Å². The summed E-state index contributed by atoms with van der Waals surface area (Å²) >= 11 is 0. The molecule has 2 aromatic rings. The van der Waals surface area contributed by atoms with Gasteiger partial charge in [-0.3, -0.25) is 9.79 Å². The summed E-state index contributed by atoms with van der Waals surface area (Å²) in [5, 5.41) is 6.57. The summed E-state index contributed by atoms with van der Waals surface area (Å²) in [5.41, 5.74) is 10.9. The van der Waals surface area contributed by atoms with Crippen molar-refractivity contribution in [3.63, 3.8) is 0 Å². The Morgan fingerprint density at radius 1 is 1.26 bits per heavy atom. The number of rotatable bonds is 11. The van der Waals surface area contributed by atoms with E-state index in [1.807, 2.05) is 50.2 Å². The van der Waals surface area contributed by atoms with Crippen molar-refractivity contribution in [2.24, 2.45) is 10.7 Å². The molecule has 0 aromatic heterocycles. The first kappa shape index (κ1) is 25.3. The molecule has 0 spiro atoms. The van der Waals surface area contributed by atoms with E-state index in [4.69, 9.17) is 10.5 Å². The fourth-order valence-electron chi connectivity index (χ4n) is 3.97. The van der Waals surface area contributed by atoms with Gasteiger partial charge in [-0.25, -0.2) is 0 Å². The lowest BCUT2D eigenvalue weighted by Gasteiger charge is -2.19. The number of ether oxygens (including phenoxy) is 1. The van der Waals surface area contributed by atoms with Crippen molar-refractivity contribution in [1.82, 2.24) is 10.2 Å². The number of benzene rings is 2. The number of allylic oxidation sites excluding steroid dienone is 1. The van der Waals surface area contributed by atoms with Crippen LogP contribution in [-0.4, -0.2) is 57.4 Å². The van der Waals surface area contributed by atoms with Crippen LogP contribution in [0.2, 0.25) is 0 Å². The number of nitrogens with one attached hydrogen (secondary N) is 2. The van der Waals surface area contributed by atoms with Crippen LogP contribution in [0.4, 0.5) is 5.69 Å². The van der Waals surface area contributed by atoms with Crippen molar-refractivity contribution in [2.75, 3.05) is 39.6 Å². The first-order chi connectivity index (χ1) is 16.4. The van der Waals surface area contributed by atoms with Crippen LogP contribution in [0, 0.1) is 6.92 Å². The summed E-state index contributed by atoms with van der Waals surface area (Å²) < 4.78 is 5.58. The van der Waals surface area contributed by atoms with Crippen LogP contribution in [0.1, 0.15) is 52.9 Å². The van der Waals surface area contributed by atoms with Crippen LogP contribution < -0.4 is 21.1 Å². The Bertz CT molecular complexity index is 1060. The van der Waals surface area contributed by atoms with Crippen molar-refractivity contribution < 1.29 is 9.53 Å². The Hall–Kier alpha value is -3.32. The highest BCUT2D eigenvalue weighted by atomic mass is 16.5. The minimum absolute atomic E-state index is 0.104. The number of anilines is 1. The number of carbonyl (C=O) groups is 1. The maximum Gasteiger partial charge on any atom is 0.252 e. The molecule has 0 bridgehead atoms. The summed E-state index contributed by atoms with van der Waals surface area (Å²) in [6.45, 7) is 5.75. The van der Waals surface area contributed by atoms with Gasteiger partial charge in [0.2, 0.25) is 0 Å². The van der Waals surface area contributed by atoms with Gasteiger partial charge in [0.05, 0.1) is 13.2 Å². The van der Waals surface area contributed by atoms with Gasteiger partial charge < -0.3 is 26.0 Å². The second-order valence-electron chi connectivity index (χ2n) is 8.83. The number of hydrogen-bond acceptors (Lipinski definition) is 6. The van der Waals surface area contributed by atoms with Gasteiger partial charge >= 0.3 is 0 Å². The van der Waals surface area contributed by atoms with E-state index in [-0.39, 0.29) is 11.9 Å². The summed E-state index contributed by atoms with van der Waals surface area (Å²) in [6.07, 6.45) is 5.80. The molecule has 182 valence electrons. The Morgan fingerprint density at radius 2 is 2.03 bits per heavy atom. The number of amides is 1. The Kier molecular flexibility index (Phi) is 8.71. The molecule has 1 unspecified atom stereocenters. The molecule has 2 aromatic carbocycles. The number of aryl methyl sites for hydroxylation is 1. The van der Waals surface area contributed by atoms with Gasteiger partial charge in [0.25, 0.3) is 5.91 Å². The molecule has 34 heavy (non-hydrogen) atoms. The first-order valence-electron chi connectivity index (χ1n) is 11.8. The molecule has 1 fully saturated rings. The minimum atomic E-state index is -0.205. The third-order valence-corrected chi connectivity index (χ3v) is 6.28. The molecule has 0 aliphatic heterocycles. The smallest absolute Gasteiger partial charge is 0.252 e. The molecule has 1 atom stereocenters. The zero-order valence-corrected chi connectivity index (χ0v) is 20.9. The number of nitrogens with zero attached hydrogens (tertiary/aromatic N) is 2. The molecule has 3 rings (SSSR count). The van der Waals surface area contributed by atoms with Gasteiger partial charge in [0, 0.05) is 61.0 Å². The monoisotopic (exact) mass is 463 g/mol. The van der Waals surface area contributed by atoms with Gasteiger partial charge in [0.15, 0.2) is 0 Å². The van der Waals surface area contributed by atoms with Crippen LogP contribution >= 0.6 is 0 Å². The average molecular weight is 464 g/mol. The molecule has 1 saturated carbocycles. The third kappa shape index (κ3) is 6.38. The zero-order chi connectivity index (χ0) is 24.7. The van der Waals surface area contributed by atoms with E-state index >= 15 is 0 Å². The molecule has 4 N–H and O–H groups in total. The number of likely N-dealkylation sites (N-methyl/N-ethyl adjacent to an activating group) is 1. The van der Waals surface area contributed by atoms with E-state index in [9.17, 15) is 4.79 Å². The Labute approximate surface area is 203 Å². The fourth-order valence-corrected chi connectivity index (χ4v) is 3.97. The molecule has 0 heterocycles. The highest BCUT2D eigenvalue weighted by Crippen LogP contribution is 2.29. The van der Waals surface area contributed by atoms with Gasteiger partial charge in [-0.1, -0.05) is 18.2 Å². The summed E-state index contributed by atoms with van der Waals surface area (Å²) in [4.78, 5) is 19.6. The summed E-state index contributed by atoms with van der Waals surface area (Å²) in [7, 11) is 5.48. The molecule has 7 nitrogen and oxygen atoms in total. The molecule has 0 radical (unpaired) electrons. The predicted octanol–water partition coefficient (Wildman–Crippen LogP) is 4.00. The van der Waals surface area contributed by atoms with Crippen molar-refractivity contribution in [2.45, 2.75) is 38.8 Å². The standard InChI is InChI=1S/C27H37N5O2/c1-18-6-8-22(30-12-13-32(4)23-9-10-23)15-25(18)27(33)31-19(2)20-7-11-24(26(14-20)34-5)21(16-28)17-29-3/h6-8,11,14-17,19,23,30H,9-10,12-13,28H2,1-5H3,(H,31,33)/b21-16+,29-17?. The van der Waals surface area contributed by atoms with Crippen molar-refractivity contribution >= 4 is 23.4 Å². The lowest BCUT2D eigenvalue weighted by atomic mass is 10.00. The number of methoxy groups -OCH3 is 1. The fraction of sp³-hybridized carbons (Fsp3) is 0.407. The highest BCUT2D eigenvalue weighted by molar-refractivity contribution is 6.10. The Morgan fingerprint density at radius 3 is 2.68 bits per heavy atom. The molecule has 1 amide bonds.